The van der Waals surface area contributed by atoms with Gasteiger partial charge in [0.15, 0.2) is 5.82 Å². The molecular weight excluding hydrogens is 576 g/mol. The zero-order valence-corrected chi connectivity index (χ0v) is 20.3. The first kappa shape index (κ1) is 28.6. The van der Waals surface area contributed by atoms with E-state index in [1.54, 1.807) is 0 Å². The first-order valence-corrected chi connectivity index (χ1v) is 11.2. The lowest BCUT2D eigenvalue weighted by atomic mass is 10.2. The van der Waals surface area contributed by atoms with Crippen molar-refractivity contribution < 1.29 is 39.9 Å². The summed E-state index contributed by atoms with van der Waals surface area (Å²) >= 11 is 6.09. The number of ether oxygens (including phenoxy) is 1. The van der Waals surface area contributed by atoms with Crippen molar-refractivity contribution in [2.75, 3.05) is 5.32 Å². The molecule has 0 spiro atoms. The molecule has 0 saturated heterocycles. The van der Waals surface area contributed by atoms with Crippen LogP contribution in [0.4, 0.5) is 52.7 Å². The highest BCUT2D eigenvalue weighted by Crippen LogP contribution is 2.34. The van der Waals surface area contributed by atoms with E-state index in [0.717, 1.165) is 24.3 Å². The standard InChI is InChI=1S/C24H13ClF8N6O/c25-16-2-1-3-18(27)19(16)20-36-21(35-13-6-9-17(26)15(10-13)23(28,29)30)38-22(37-20)39-34-11-12-4-7-14(8-5-12)40-24(31,32)33/h1-10H,11H2,(H,35,36,37,38). The minimum atomic E-state index is -4.98. The number of nitrogens with zero attached hydrogens (tertiary/aromatic N) is 5. The monoisotopic (exact) mass is 588 g/mol. The molecule has 16 heteroatoms. The predicted molar refractivity (Wildman–Crippen MR) is 126 cm³/mol. The number of nitrogens with one attached hydrogen (secondary N) is 1. The maximum absolute atomic E-state index is 14.6. The van der Waals surface area contributed by atoms with Crippen LogP contribution in [-0.2, 0) is 12.7 Å². The smallest absolute Gasteiger partial charge is 0.406 e. The summed E-state index contributed by atoms with van der Waals surface area (Å²) in [4.78, 5) is 11.9. The van der Waals surface area contributed by atoms with Gasteiger partial charge in [0.1, 0.15) is 17.4 Å². The molecule has 1 aromatic heterocycles. The molecule has 0 atom stereocenters. The second-order valence-electron chi connectivity index (χ2n) is 7.79. The van der Waals surface area contributed by atoms with Crippen molar-refractivity contribution in [3.05, 3.63) is 88.4 Å². The molecule has 0 aliphatic rings. The Kier molecular flexibility index (Phi) is 8.13. The summed E-state index contributed by atoms with van der Waals surface area (Å²) in [5.41, 5.74) is -1.64. The summed E-state index contributed by atoms with van der Waals surface area (Å²) in [7, 11) is 0. The second kappa shape index (κ2) is 11.4. The summed E-state index contributed by atoms with van der Waals surface area (Å²) in [5, 5.41) is 10.0. The molecule has 0 radical (unpaired) electrons. The van der Waals surface area contributed by atoms with Crippen molar-refractivity contribution in [1.82, 2.24) is 15.0 Å². The fourth-order valence-electron chi connectivity index (χ4n) is 3.21. The van der Waals surface area contributed by atoms with Crippen LogP contribution in [0.15, 0.2) is 70.9 Å². The van der Waals surface area contributed by atoms with E-state index in [1.807, 2.05) is 0 Å². The average molecular weight is 589 g/mol. The van der Waals surface area contributed by atoms with Crippen molar-refractivity contribution in [2.45, 2.75) is 19.1 Å². The van der Waals surface area contributed by atoms with Crippen LogP contribution in [0.3, 0.4) is 0 Å². The normalized spacial score (nSPS) is 12.1. The Morgan fingerprint density at radius 3 is 2.23 bits per heavy atom. The van der Waals surface area contributed by atoms with Crippen molar-refractivity contribution in [2.24, 2.45) is 10.2 Å². The third kappa shape index (κ3) is 7.37. The number of alkyl halides is 6. The zero-order valence-electron chi connectivity index (χ0n) is 19.5. The number of aromatic nitrogens is 3. The number of rotatable bonds is 7. The molecule has 0 saturated carbocycles. The summed E-state index contributed by atoms with van der Waals surface area (Å²) < 4.78 is 108. The quantitative estimate of drug-likeness (QED) is 0.173. The third-order valence-electron chi connectivity index (χ3n) is 4.91. The Morgan fingerprint density at radius 2 is 1.57 bits per heavy atom. The average Bonchev–Trinajstić information content (AvgIpc) is 2.85. The van der Waals surface area contributed by atoms with E-state index in [-0.39, 0.29) is 28.6 Å². The molecule has 7 nitrogen and oxygen atoms in total. The van der Waals surface area contributed by atoms with Gasteiger partial charge in [0.05, 0.1) is 22.7 Å². The fraction of sp³-hybridized carbons (Fsp3) is 0.125. The van der Waals surface area contributed by atoms with Gasteiger partial charge in [-0.3, -0.25) is 0 Å². The third-order valence-corrected chi connectivity index (χ3v) is 5.22. The Hall–Kier alpha value is -4.40. The Morgan fingerprint density at radius 1 is 0.850 bits per heavy atom. The zero-order chi connectivity index (χ0) is 29.1. The molecule has 3 aromatic carbocycles. The first-order valence-electron chi connectivity index (χ1n) is 10.8. The number of anilines is 2. The summed E-state index contributed by atoms with van der Waals surface area (Å²) in [5.74, 6) is -3.92. The minimum absolute atomic E-state index is 0.0951. The number of halogens is 9. The van der Waals surface area contributed by atoms with Gasteiger partial charge in [0.25, 0.3) is 5.95 Å². The molecule has 40 heavy (non-hydrogen) atoms. The van der Waals surface area contributed by atoms with Crippen molar-refractivity contribution in [3.63, 3.8) is 0 Å². The van der Waals surface area contributed by atoms with Gasteiger partial charge in [-0.05, 0) is 48.0 Å². The van der Waals surface area contributed by atoms with E-state index in [0.29, 0.717) is 17.7 Å². The van der Waals surface area contributed by atoms with Crippen LogP contribution < -0.4 is 10.1 Å². The largest absolute Gasteiger partial charge is 0.573 e. The number of hydrogen-bond acceptors (Lipinski definition) is 7. The van der Waals surface area contributed by atoms with E-state index in [4.69, 9.17) is 11.6 Å². The molecule has 0 amide bonds. The van der Waals surface area contributed by atoms with Crippen molar-refractivity contribution in [1.29, 1.82) is 0 Å². The van der Waals surface area contributed by atoms with Crippen LogP contribution in [0.5, 0.6) is 5.75 Å². The molecule has 0 bridgehead atoms. The van der Waals surface area contributed by atoms with E-state index in [2.05, 4.69) is 35.2 Å². The Labute approximate surface area is 224 Å². The first-order chi connectivity index (χ1) is 18.8. The molecule has 4 aromatic rings. The van der Waals surface area contributed by atoms with Crippen LogP contribution in [0, 0.1) is 11.6 Å². The maximum atomic E-state index is 14.6. The lowest BCUT2D eigenvalue weighted by Crippen LogP contribution is -2.16. The Bertz CT molecular complexity index is 1520. The number of hydrogen-bond donors (Lipinski definition) is 1. The molecule has 0 unspecified atom stereocenters. The van der Waals surface area contributed by atoms with Gasteiger partial charge in [-0.1, -0.05) is 29.8 Å². The van der Waals surface area contributed by atoms with E-state index in [9.17, 15) is 35.1 Å². The van der Waals surface area contributed by atoms with E-state index < -0.39 is 47.4 Å². The molecule has 1 heterocycles. The van der Waals surface area contributed by atoms with Gasteiger partial charge in [0.2, 0.25) is 5.95 Å². The molecular formula is C24H13ClF8N6O. The highest BCUT2D eigenvalue weighted by Gasteiger charge is 2.34. The van der Waals surface area contributed by atoms with Crippen LogP contribution in [0.1, 0.15) is 11.1 Å². The molecule has 1 N–H and O–H groups in total. The maximum Gasteiger partial charge on any atom is 0.573 e. The van der Waals surface area contributed by atoms with Gasteiger partial charge in [0, 0.05) is 5.69 Å². The van der Waals surface area contributed by atoms with Crippen LogP contribution in [0.25, 0.3) is 11.4 Å². The van der Waals surface area contributed by atoms with E-state index >= 15 is 0 Å². The van der Waals surface area contributed by atoms with Gasteiger partial charge < -0.3 is 10.1 Å². The number of azo groups is 1. The van der Waals surface area contributed by atoms with Gasteiger partial charge in [-0.2, -0.15) is 33.2 Å². The van der Waals surface area contributed by atoms with Crippen LogP contribution in [0.2, 0.25) is 5.02 Å². The van der Waals surface area contributed by atoms with Crippen LogP contribution in [-0.4, -0.2) is 21.3 Å². The van der Waals surface area contributed by atoms with Gasteiger partial charge in [-0.25, -0.2) is 8.78 Å². The van der Waals surface area contributed by atoms with Crippen molar-refractivity contribution >= 4 is 29.2 Å². The molecule has 0 aliphatic heterocycles. The number of benzene rings is 3. The second-order valence-corrected chi connectivity index (χ2v) is 8.20. The molecule has 0 aliphatic carbocycles. The fourth-order valence-corrected chi connectivity index (χ4v) is 3.46. The Balaban J connectivity index is 1.65. The highest BCUT2D eigenvalue weighted by atomic mass is 35.5. The molecule has 0 fully saturated rings. The SMILES string of the molecule is Fc1ccc(Nc2nc(N=NCc3ccc(OC(F)(F)F)cc3)nc(-c3c(F)cccc3Cl)n2)cc1C(F)(F)F. The van der Waals surface area contributed by atoms with E-state index in [1.165, 1.54) is 24.3 Å². The van der Waals surface area contributed by atoms with Crippen LogP contribution >= 0.6 is 11.6 Å². The van der Waals surface area contributed by atoms with Gasteiger partial charge >= 0.3 is 12.5 Å². The summed E-state index contributed by atoms with van der Waals surface area (Å²) in [6.45, 7) is -0.149. The lowest BCUT2D eigenvalue weighted by molar-refractivity contribution is -0.274. The lowest BCUT2D eigenvalue weighted by Gasteiger charge is -2.12. The molecule has 208 valence electrons. The van der Waals surface area contributed by atoms with Gasteiger partial charge in [-0.15, -0.1) is 18.3 Å². The molecule has 4 rings (SSSR count). The minimum Gasteiger partial charge on any atom is -0.406 e. The predicted octanol–water partition coefficient (Wildman–Crippen LogP) is 8.42. The topological polar surface area (TPSA) is 84.7 Å². The van der Waals surface area contributed by atoms with Crippen molar-refractivity contribution in [3.8, 4) is 17.1 Å². The highest BCUT2D eigenvalue weighted by molar-refractivity contribution is 6.33. The summed E-state index contributed by atoms with van der Waals surface area (Å²) in [6.07, 6.45) is -9.84. The summed E-state index contributed by atoms with van der Waals surface area (Å²) in [6, 6.07) is 10.6.